The Balaban J connectivity index is 2.24. The zero-order valence-corrected chi connectivity index (χ0v) is 9.59. The average Bonchev–Trinajstić information content (AvgIpc) is 2.69. The summed E-state index contributed by atoms with van der Waals surface area (Å²) in [5.74, 6) is 1.17. The summed E-state index contributed by atoms with van der Waals surface area (Å²) in [7, 11) is 0. The zero-order valence-electron chi connectivity index (χ0n) is 8.84. The van der Waals surface area contributed by atoms with Crippen molar-refractivity contribution in [2.24, 2.45) is 0 Å². The van der Waals surface area contributed by atoms with Crippen molar-refractivity contribution in [1.29, 1.82) is 0 Å². The van der Waals surface area contributed by atoms with Crippen LogP contribution in [0.3, 0.4) is 0 Å². The lowest BCUT2D eigenvalue weighted by Crippen LogP contribution is -1.94. The van der Waals surface area contributed by atoms with Crippen molar-refractivity contribution in [1.82, 2.24) is 14.4 Å². The quantitative estimate of drug-likeness (QED) is 0.716. The molecule has 2 aromatic heterocycles. The maximum Gasteiger partial charge on any atom is 0.235 e. The van der Waals surface area contributed by atoms with Gasteiger partial charge in [-0.05, 0) is 18.2 Å². The molecule has 0 atom stereocenters. The molecule has 0 bridgehead atoms. The van der Waals surface area contributed by atoms with Crippen LogP contribution in [-0.4, -0.2) is 14.4 Å². The number of aromatic nitrogens is 3. The zero-order chi connectivity index (χ0) is 11.8. The fraction of sp³-hybridized carbons (Fsp3) is 0. The van der Waals surface area contributed by atoms with Crippen LogP contribution < -0.4 is 5.73 Å². The lowest BCUT2D eigenvalue weighted by molar-refractivity contribution is 1.12. The number of imidazole rings is 1. The minimum absolute atomic E-state index is 0.579. The van der Waals surface area contributed by atoms with E-state index in [4.69, 9.17) is 17.3 Å². The van der Waals surface area contributed by atoms with Crippen molar-refractivity contribution in [3.05, 3.63) is 47.7 Å². The molecule has 0 aliphatic rings. The molecule has 0 unspecified atom stereocenters. The maximum absolute atomic E-state index is 6.04. The molecule has 0 amide bonds. The van der Waals surface area contributed by atoms with Crippen molar-refractivity contribution in [3.8, 4) is 11.3 Å². The van der Waals surface area contributed by atoms with E-state index in [1.807, 2.05) is 36.5 Å². The molecule has 0 radical (unpaired) electrons. The minimum Gasteiger partial charge on any atom is -0.383 e. The summed E-state index contributed by atoms with van der Waals surface area (Å²) in [6.07, 6.45) is 3.53. The van der Waals surface area contributed by atoms with E-state index in [-0.39, 0.29) is 0 Å². The number of nitrogen functional groups attached to an aromatic ring is 1. The number of hydrogen-bond donors (Lipinski definition) is 1. The smallest absolute Gasteiger partial charge is 0.235 e. The third-order valence-electron chi connectivity index (χ3n) is 2.56. The largest absolute Gasteiger partial charge is 0.383 e. The first kappa shape index (κ1) is 10.1. The highest BCUT2D eigenvalue weighted by molar-refractivity contribution is 6.30. The number of benzene rings is 1. The van der Waals surface area contributed by atoms with E-state index in [0.717, 1.165) is 11.3 Å². The molecule has 0 aliphatic heterocycles. The molecular weight excluding hydrogens is 236 g/mol. The summed E-state index contributed by atoms with van der Waals surface area (Å²) in [5.41, 5.74) is 7.69. The molecule has 0 saturated heterocycles. The third kappa shape index (κ3) is 1.62. The van der Waals surface area contributed by atoms with Crippen molar-refractivity contribution < 1.29 is 0 Å². The van der Waals surface area contributed by atoms with Gasteiger partial charge in [-0.15, -0.1) is 0 Å². The standard InChI is InChI=1S/C12H9ClN4/c13-9-4-2-8(3-5-9)10-11(14)17-7-1-6-15-12(17)16-10/h1-7H,14H2. The van der Waals surface area contributed by atoms with Crippen molar-refractivity contribution >= 4 is 23.2 Å². The van der Waals surface area contributed by atoms with Crippen LogP contribution >= 0.6 is 11.6 Å². The molecule has 0 saturated carbocycles. The summed E-state index contributed by atoms with van der Waals surface area (Å²) in [4.78, 5) is 8.55. The number of hydrogen-bond acceptors (Lipinski definition) is 3. The Kier molecular flexibility index (Phi) is 2.23. The normalized spacial score (nSPS) is 10.9. The van der Waals surface area contributed by atoms with Crippen molar-refractivity contribution in [2.75, 3.05) is 5.73 Å². The van der Waals surface area contributed by atoms with Gasteiger partial charge in [0.05, 0.1) is 0 Å². The fourth-order valence-corrected chi connectivity index (χ4v) is 1.85. The SMILES string of the molecule is Nc1c(-c2ccc(Cl)cc2)nc2ncccn12. The molecule has 1 aromatic carbocycles. The van der Waals surface area contributed by atoms with Crippen LogP contribution in [0.1, 0.15) is 0 Å². The van der Waals surface area contributed by atoms with Gasteiger partial charge in [0, 0.05) is 23.0 Å². The Labute approximate surface area is 103 Å². The van der Waals surface area contributed by atoms with Gasteiger partial charge in [0.1, 0.15) is 11.5 Å². The maximum atomic E-state index is 6.04. The highest BCUT2D eigenvalue weighted by Gasteiger charge is 2.11. The van der Waals surface area contributed by atoms with E-state index in [9.17, 15) is 0 Å². The summed E-state index contributed by atoms with van der Waals surface area (Å²) in [6.45, 7) is 0. The number of rotatable bonds is 1. The van der Waals surface area contributed by atoms with Crippen LogP contribution in [0.2, 0.25) is 5.02 Å². The second-order valence-corrected chi connectivity index (χ2v) is 4.08. The number of anilines is 1. The van der Waals surface area contributed by atoms with E-state index < -0.39 is 0 Å². The predicted molar refractivity (Wildman–Crippen MR) is 67.8 cm³/mol. The Morgan fingerprint density at radius 3 is 2.65 bits per heavy atom. The molecule has 3 rings (SSSR count). The number of nitrogens with two attached hydrogens (primary N) is 1. The molecular formula is C12H9ClN4. The second-order valence-electron chi connectivity index (χ2n) is 3.64. The van der Waals surface area contributed by atoms with Crippen LogP contribution in [-0.2, 0) is 0 Å². The van der Waals surface area contributed by atoms with Crippen LogP contribution in [0.25, 0.3) is 17.0 Å². The molecule has 17 heavy (non-hydrogen) atoms. The van der Waals surface area contributed by atoms with E-state index in [1.54, 1.807) is 10.6 Å². The Bertz CT molecular complexity index is 673. The van der Waals surface area contributed by atoms with Gasteiger partial charge in [-0.3, -0.25) is 4.40 Å². The Hall–Kier alpha value is -2.07. The third-order valence-corrected chi connectivity index (χ3v) is 2.81. The molecule has 0 spiro atoms. The Morgan fingerprint density at radius 2 is 1.94 bits per heavy atom. The molecule has 2 heterocycles. The molecule has 5 heteroatoms. The van der Waals surface area contributed by atoms with Crippen LogP contribution in [0.4, 0.5) is 5.82 Å². The number of nitrogens with zero attached hydrogens (tertiary/aromatic N) is 3. The van der Waals surface area contributed by atoms with Gasteiger partial charge in [0.15, 0.2) is 0 Å². The van der Waals surface area contributed by atoms with Gasteiger partial charge in [-0.25, -0.2) is 9.97 Å². The van der Waals surface area contributed by atoms with Gasteiger partial charge in [0.25, 0.3) is 0 Å². The summed E-state index contributed by atoms with van der Waals surface area (Å²) in [6, 6.07) is 9.22. The summed E-state index contributed by atoms with van der Waals surface area (Å²) < 4.78 is 1.75. The van der Waals surface area contributed by atoms with E-state index in [1.165, 1.54) is 0 Å². The highest BCUT2D eigenvalue weighted by atomic mass is 35.5. The number of fused-ring (bicyclic) bond motifs is 1. The molecule has 0 fully saturated rings. The summed E-state index contributed by atoms with van der Waals surface area (Å²) >= 11 is 5.85. The van der Waals surface area contributed by atoms with Crippen molar-refractivity contribution in [2.45, 2.75) is 0 Å². The average molecular weight is 245 g/mol. The molecule has 2 N–H and O–H groups in total. The first-order valence-corrected chi connectivity index (χ1v) is 5.48. The topological polar surface area (TPSA) is 56.2 Å². The lowest BCUT2D eigenvalue weighted by atomic mass is 10.1. The summed E-state index contributed by atoms with van der Waals surface area (Å²) in [5, 5.41) is 0.689. The van der Waals surface area contributed by atoms with Crippen LogP contribution in [0.5, 0.6) is 0 Å². The van der Waals surface area contributed by atoms with Gasteiger partial charge < -0.3 is 5.73 Å². The highest BCUT2D eigenvalue weighted by Crippen LogP contribution is 2.26. The first-order valence-electron chi connectivity index (χ1n) is 5.10. The monoisotopic (exact) mass is 244 g/mol. The van der Waals surface area contributed by atoms with Gasteiger partial charge in [0.2, 0.25) is 5.78 Å². The molecule has 0 aliphatic carbocycles. The van der Waals surface area contributed by atoms with Crippen molar-refractivity contribution in [3.63, 3.8) is 0 Å². The van der Waals surface area contributed by atoms with Crippen LogP contribution in [0, 0.1) is 0 Å². The Morgan fingerprint density at radius 1 is 1.18 bits per heavy atom. The van der Waals surface area contributed by atoms with E-state index in [2.05, 4.69) is 9.97 Å². The molecule has 84 valence electrons. The van der Waals surface area contributed by atoms with Gasteiger partial charge in [-0.1, -0.05) is 23.7 Å². The fourth-order valence-electron chi connectivity index (χ4n) is 1.73. The minimum atomic E-state index is 0.579. The van der Waals surface area contributed by atoms with Crippen LogP contribution in [0.15, 0.2) is 42.7 Å². The van der Waals surface area contributed by atoms with Gasteiger partial charge in [-0.2, -0.15) is 0 Å². The first-order chi connectivity index (χ1) is 8.25. The van der Waals surface area contributed by atoms with E-state index in [0.29, 0.717) is 16.6 Å². The second kappa shape index (κ2) is 3.75. The molecule has 3 aromatic rings. The lowest BCUT2D eigenvalue weighted by Gasteiger charge is -1.98. The van der Waals surface area contributed by atoms with E-state index >= 15 is 0 Å². The predicted octanol–water partition coefficient (Wildman–Crippen LogP) is 2.63. The molecule has 4 nitrogen and oxygen atoms in total. The van der Waals surface area contributed by atoms with Gasteiger partial charge >= 0.3 is 0 Å². The number of halogens is 1.